The molecule has 1 N–H and O–H groups in total. The van der Waals surface area contributed by atoms with E-state index in [1.807, 2.05) is 38.1 Å². The summed E-state index contributed by atoms with van der Waals surface area (Å²) in [6, 6.07) is 7.76. The Bertz CT molecular complexity index is 420. The second kappa shape index (κ2) is 5.19. The molecular weight excluding hydrogens is 250 g/mol. The number of para-hydroxylation sites is 1. The van der Waals surface area contributed by atoms with Crippen molar-refractivity contribution in [1.29, 1.82) is 0 Å². The minimum Gasteiger partial charge on any atom is -0.480 e. The van der Waals surface area contributed by atoms with Crippen molar-refractivity contribution in [2.45, 2.75) is 26.4 Å². The maximum absolute atomic E-state index is 12.0. The summed E-state index contributed by atoms with van der Waals surface area (Å²) in [6.07, 6.45) is 0.233. The van der Waals surface area contributed by atoms with Crippen LogP contribution in [0.5, 0.6) is 5.75 Å². The van der Waals surface area contributed by atoms with E-state index >= 15 is 0 Å². The molecule has 1 aromatic carbocycles. The zero-order chi connectivity index (χ0) is 13.2. The summed E-state index contributed by atoms with van der Waals surface area (Å²) in [4.78, 5) is 12.0. The van der Waals surface area contributed by atoms with Crippen LogP contribution in [0.25, 0.3) is 0 Å². The fourth-order valence-electron chi connectivity index (χ4n) is 1.82. The van der Waals surface area contributed by atoms with Crippen LogP contribution in [-0.4, -0.2) is 24.4 Å². The SMILES string of the molecule is CC(C)(CCl)CNC(=O)C1Cc2ccccc2O1. The number of alkyl halides is 1. The molecule has 98 valence electrons. The first-order valence-electron chi connectivity index (χ1n) is 6.10. The average Bonchev–Trinajstić information content (AvgIpc) is 2.80. The molecule has 0 fully saturated rings. The van der Waals surface area contributed by atoms with Crippen LogP contribution >= 0.6 is 11.6 Å². The molecule has 0 aliphatic carbocycles. The third-order valence-corrected chi connectivity index (χ3v) is 3.77. The van der Waals surface area contributed by atoms with E-state index < -0.39 is 6.10 Å². The standard InChI is InChI=1S/C14H18ClNO2/c1-14(2,8-15)9-16-13(17)12-7-10-5-3-4-6-11(10)18-12/h3-6,12H,7-9H2,1-2H3,(H,16,17). The zero-order valence-electron chi connectivity index (χ0n) is 10.7. The highest BCUT2D eigenvalue weighted by molar-refractivity contribution is 6.18. The number of ether oxygens (including phenoxy) is 1. The molecule has 1 amide bonds. The topological polar surface area (TPSA) is 38.3 Å². The van der Waals surface area contributed by atoms with Crippen molar-refractivity contribution in [3.05, 3.63) is 29.8 Å². The van der Waals surface area contributed by atoms with Gasteiger partial charge in [0.1, 0.15) is 5.75 Å². The van der Waals surface area contributed by atoms with Gasteiger partial charge >= 0.3 is 0 Å². The smallest absolute Gasteiger partial charge is 0.261 e. The number of carbonyl (C=O) groups excluding carboxylic acids is 1. The van der Waals surface area contributed by atoms with Gasteiger partial charge in [-0.25, -0.2) is 0 Å². The van der Waals surface area contributed by atoms with Gasteiger partial charge in [0.2, 0.25) is 0 Å². The van der Waals surface area contributed by atoms with Crippen molar-refractivity contribution in [3.8, 4) is 5.75 Å². The number of benzene rings is 1. The molecule has 0 spiro atoms. The molecule has 2 rings (SSSR count). The molecule has 0 saturated carbocycles. The van der Waals surface area contributed by atoms with Crippen LogP contribution < -0.4 is 10.1 Å². The molecule has 0 bridgehead atoms. The van der Waals surface area contributed by atoms with Gasteiger partial charge in [-0.05, 0) is 17.0 Å². The number of nitrogens with one attached hydrogen (secondary N) is 1. The van der Waals surface area contributed by atoms with Crippen LogP contribution in [0.15, 0.2) is 24.3 Å². The highest BCUT2D eigenvalue weighted by Gasteiger charge is 2.29. The predicted octanol–water partition coefficient (Wildman–Crippen LogP) is 2.37. The van der Waals surface area contributed by atoms with E-state index in [9.17, 15) is 4.79 Å². The summed E-state index contributed by atoms with van der Waals surface area (Å²) in [5.41, 5.74) is 0.997. The Balaban J connectivity index is 1.90. The van der Waals surface area contributed by atoms with Crippen molar-refractivity contribution in [3.63, 3.8) is 0 Å². The number of rotatable bonds is 4. The van der Waals surface area contributed by atoms with Gasteiger partial charge in [-0.2, -0.15) is 0 Å². The predicted molar refractivity (Wildman–Crippen MR) is 72.1 cm³/mol. The molecule has 1 heterocycles. The molecule has 4 heteroatoms. The fourth-order valence-corrected chi connectivity index (χ4v) is 1.91. The lowest BCUT2D eigenvalue weighted by atomic mass is 9.96. The van der Waals surface area contributed by atoms with E-state index in [1.165, 1.54) is 0 Å². The second-order valence-electron chi connectivity index (χ2n) is 5.43. The minimum absolute atomic E-state index is 0.0654. The Labute approximate surface area is 112 Å². The lowest BCUT2D eigenvalue weighted by Gasteiger charge is -2.22. The van der Waals surface area contributed by atoms with Crippen molar-refractivity contribution >= 4 is 17.5 Å². The summed E-state index contributed by atoms with van der Waals surface area (Å²) >= 11 is 5.83. The highest BCUT2D eigenvalue weighted by Crippen LogP contribution is 2.28. The molecule has 1 aliphatic heterocycles. The van der Waals surface area contributed by atoms with Crippen LogP contribution in [-0.2, 0) is 11.2 Å². The third-order valence-electron chi connectivity index (χ3n) is 3.04. The maximum Gasteiger partial charge on any atom is 0.261 e. The van der Waals surface area contributed by atoms with Crippen LogP contribution in [0, 0.1) is 5.41 Å². The van der Waals surface area contributed by atoms with Gasteiger partial charge in [0.25, 0.3) is 5.91 Å². The summed E-state index contributed by atoms with van der Waals surface area (Å²) in [5.74, 6) is 1.26. The van der Waals surface area contributed by atoms with Gasteiger partial charge < -0.3 is 10.1 Å². The molecular formula is C14H18ClNO2. The minimum atomic E-state index is -0.409. The molecule has 0 radical (unpaired) electrons. The van der Waals surface area contributed by atoms with Crippen molar-refractivity contribution in [1.82, 2.24) is 5.32 Å². The first kappa shape index (κ1) is 13.2. The monoisotopic (exact) mass is 267 g/mol. The molecule has 18 heavy (non-hydrogen) atoms. The quantitative estimate of drug-likeness (QED) is 0.851. The fraction of sp³-hybridized carbons (Fsp3) is 0.500. The summed E-state index contributed by atoms with van der Waals surface area (Å²) in [6.45, 7) is 4.60. The number of halogens is 1. The van der Waals surface area contributed by atoms with Crippen LogP contribution in [0.3, 0.4) is 0 Å². The van der Waals surface area contributed by atoms with E-state index in [4.69, 9.17) is 16.3 Å². The van der Waals surface area contributed by atoms with Crippen molar-refractivity contribution in [2.75, 3.05) is 12.4 Å². The largest absolute Gasteiger partial charge is 0.480 e. The zero-order valence-corrected chi connectivity index (χ0v) is 11.5. The van der Waals surface area contributed by atoms with Gasteiger partial charge in [-0.3, -0.25) is 4.79 Å². The first-order valence-corrected chi connectivity index (χ1v) is 6.63. The lowest BCUT2D eigenvalue weighted by Crippen LogP contribution is -2.42. The van der Waals surface area contributed by atoms with Gasteiger partial charge in [-0.1, -0.05) is 32.0 Å². The third kappa shape index (κ3) is 2.96. The molecule has 1 aliphatic rings. The molecule has 1 unspecified atom stereocenters. The average molecular weight is 268 g/mol. The highest BCUT2D eigenvalue weighted by atomic mass is 35.5. The maximum atomic E-state index is 12.0. The van der Waals surface area contributed by atoms with Gasteiger partial charge in [0.05, 0.1) is 0 Å². The Morgan fingerprint density at radius 1 is 1.50 bits per heavy atom. The van der Waals surface area contributed by atoms with Gasteiger partial charge in [0.15, 0.2) is 6.10 Å². The number of amides is 1. The van der Waals surface area contributed by atoms with Crippen molar-refractivity contribution < 1.29 is 9.53 Å². The van der Waals surface area contributed by atoms with E-state index in [-0.39, 0.29) is 11.3 Å². The summed E-state index contributed by atoms with van der Waals surface area (Å²) in [5, 5.41) is 2.90. The Morgan fingerprint density at radius 2 is 2.22 bits per heavy atom. The molecule has 3 nitrogen and oxygen atoms in total. The first-order chi connectivity index (χ1) is 8.52. The lowest BCUT2D eigenvalue weighted by molar-refractivity contribution is -0.127. The molecule has 1 atom stereocenters. The normalized spacial score (nSPS) is 18.1. The van der Waals surface area contributed by atoms with Gasteiger partial charge in [-0.15, -0.1) is 11.6 Å². The summed E-state index contributed by atoms with van der Waals surface area (Å²) < 4.78 is 5.62. The number of hydrogen-bond donors (Lipinski definition) is 1. The molecule has 1 aromatic rings. The Kier molecular flexibility index (Phi) is 3.81. The van der Waals surface area contributed by atoms with E-state index in [2.05, 4.69) is 5.32 Å². The van der Waals surface area contributed by atoms with Gasteiger partial charge in [0, 0.05) is 18.8 Å². The molecule has 0 saturated heterocycles. The summed E-state index contributed by atoms with van der Waals surface area (Å²) in [7, 11) is 0. The van der Waals surface area contributed by atoms with Crippen molar-refractivity contribution in [2.24, 2.45) is 5.41 Å². The van der Waals surface area contributed by atoms with Crippen LogP contribution in [0.1, 0.15) is 19.4 Å². The second-order valence-corrected chi connectivity index (χ2v) is 5.70. The number of hydrogen-bond acceptors (Lipinski definition) is 2. The van der Waals surface area contributed by atoms with Crippen LogP contribution in [0.2, 0.25) is 0 Å². The molecule has 0 aromatic heterocycles. The van der Waals surface area contributed by atoms with E-state index in [0.717, 1.165) is 11.3 Å². The van der Waals surface area contributed by atoms with E-state index in [1.54, 1.807) is 0 Å². The van der Waals surface area contributed by atoms with E-state index in [0.29, 0.717) is 18.8 Å². The Hall–Kier alpha value is -1.22. The Morgan fingerprint density at radius 3 is 2.89 bits per heavy atom. The number of fused-ring (bicyclic) bond motifs is 1. The van der Waals surface area contributed by atoms with Crippen LogP contribution in [0.4, 0.5) is 0 Å². The number of carbonyl (C=O) groups is 1.